The second kappa shape index (κ2) is 11.1. The molecule has 3 aromatic heterocycles. The number of hydrogen-bond donors (Lipinski definition) is 1. The molecule has 1 fully saturated rings. The van der Waals surface area contributed by atoms with Crippen LogP contribution in [0.4, 0.5) is 5.82 Å². The molecule has 1 aliphatic heterocycles. The van der Waals surface area contributed by atoms with Crippen molar-refractivity contribution in [1.82, 2.24) is 23.8 Å². The van der Waals surface area contributed by atoms with Crippen LogP contribution in [0.25, 0.3) is 32.8 Å². The lowest BCUT2D eigenvalue weighted by Gasteiger charge is -2.31. The Balaban J connectivity index is 1.06. The van der Waals surface area contributed by atoms with E-state index in [-0.39, 0.29) is 10.9 Å². The molecule has 5 aromatic rings. The van der Waals surface area contributed by atoms with Crippen molar-refractivity contribution in [3.8, 4) is 0 Å². The van der Waals surface area contributed by atoms with Crippen LogP contribution >= 0.6 is 0 Å². The van der Waals surface area contributed by atoms with E-state index in [0.29, 0.717) is 43.6 Å². The Morgan fingerprint density at radius 3 is 2.65 bits per heavy atom. The topological polar surface area (TPSA) is 116 Å². The highest BCUT2D eigenvalue weighted by Gasteiger charge is 2.31. The van der Waals surface area contributed by atoms with E-state index in [9.17, 15) is 8.42 Å². The number of benzene rings is 2. The number of para-hydroxylation sites is 2. The average Bonchev–Trinajstić information content (AvgIpc) is 3.43. The fraction of sp³-hybridized carbons (Fsp3) is 0.367. The Morgan fingerprint density at radius 1 is 1.02 bits per heavy atom. The second-order valence-corrected chi connectivity index (χ2v) is 12.4. The number of fused-ring (bicyclic) bond motifs is 4. The van der Waals surface area contributed by atoms with Gasteiger partial charge in [-0.05, 0) is 49.8 Å². The zero-order valence-electron chi connectivity index (χ0n) is 22.6. The molecule has 6 rings (SSSR count). The van der Waals surface area contributed by atoms with Crippen molar-refractivity contribution in [2.45, 2.75) is 43.5 Å². The third-order valence-corrected chi connectivity index (χ3v) is 10.00. The van der Waals surface area contributed by atoms with Gasteiger partial charge < -0.3 is 15.0 Å². The van der Waals surface area contributed by atoms with E-state index in [1.54, 1.807) is 22.6 Å². The van der Waals surface area contributed by atoms with Crippen LogP contribution in [-0.4, -0.2) is 58.5 Å². The molecule has 0 saturated carbocycles. The smallest absolute Gasteiger partial charge is 0.245 e. The number of pyridine rings is 2. The lowest BCUT2D eigenvalue weighted by Crippen LogP contribution is -2.38. The number of nitrogens with zero attached hydrogens (tertiary/aromatic N) is 5. The van der Waals surface area contributed by atoms with Crippen LogP contribution in [0.2, 0.25) is 0 Å². The van der Waals surface area contributed by atoms with Crippen LogP contribution in [0.1, 0.15) is 38.6 Å². The Hall–Kier alpha value is -3.60. The number of nitrogen functional groups attached to an aromatic ring is 1. The van der Waals surface area contributed by atoms with Crippen molar-refractivity contribution in [2.24, 2.45) is 5.92 Å². The minimum atomic E-state index is -3.60. The van der Waals surface area contributed by atoms with Gasteiger partial charge in [0.1, 0.15) is 10.4 Å². The van der Waals surface area contributed by atoms with E-state index in [4.69, 9.17) is 10.5 Å². The Labute approximate surface area is 234 Å². The molecule has 9 nitrogen and oxygen atoms in total. The van der Waals surface area contributed by atoms with Crippen LogP contribution in [-0.2, 0) is 14.8 Å². The molecule has 208 valence electrons. The maximum atomic E-state index is 13.4. The van der Waals surface area contributed by atoms with Gasteiger partial charge in [0.25, 0.3) is 0 Å². The molecule has 0 radical (unpaired) electrons. The normalized spacial score (nSPS) is 16.2. The lowest BCUT2D eigenvalue weighted by atomic mass is 9.95. The highest BCUT2D eigenvalue weighted by Crippen LogP contribution is 2.31. The van der Waals surface area contributed by atoms with Crippen molar-refractivity contribution >= 4 is 48.7 Å². The molecule has 1 aliphatic rings. The van der Waals surface area contributed by atoms with Crippen molar-refractivity contribution < 1.29 is 13.2 Å². The summed E-state index contributed by atoms with van der Waals surface area (Å²) in [7, 11) is -3.60. The molecule has 0 aliphatic carbocycles. The Kier molecular flexibility index (Phi) is 7.39. The summed E-state index contributed by atoms with van der Waals surface area (Å²) in [5.41, 5.74) is 9.32. The van der Waals surface area contributed by atoms with Crippen molar-refractivity contribution in [3.63, 3.8) is 0 Å². The number of piperidine rings is 1. The van der Waals surface area contributed by atoms with Gasteiger partial charge in [0.05, 0.1) is 35.5 Å². The van der Waals surface area contributed by atoms with E-state index in [1.807, 2.05) is 42.7 Å². The zero-order chi connectivity index (χ0) is 27.7. The maximum absolute atomic E-state index is 13.4. The van der Waals surface area contributed by atoms with Crippen molar-refractivity contribution in [3.05, 3.63) is 67.1 Å². The first-order valence-electron chi connectivity index (χ1n) is 13.9. The molecule has 10 heteroatoms. The maximum Gasteiger partial charge on any atom is 0.245 e. The fourth-order valence-electron chi connectivity index (χ4n) is 5.77. The summed E-state index contributed by atoms with van der Waals surface area (Å²) in [6.07, 6.45) is 6.92. The van der Waals surface area contributed by atoms with Gasteiger partial charge in [0.2, 0.25) is 10.0 Å². The van der Waals surface area contributed by atoms with Gasteiger partial charge in [0, 0.05) is 36.7 Å². The minimum absolute atomic E-state index is 0.122. The predicted octanol–water partition coefficient (Wildman–Crippen LogP) is 5.17. The molecule has 0 amide bonds. The summed E-state index contributed by atoms with van der Waals surface area (Å²) in [6.45, 7) is 4.38. The van der Waals surface area contributed by atoms with Gasteiger partial charge in [-0.25, -0.2) is 18.4 Å². The number of anilines is 1. The zero-order valence-corrected chi connectivity index (χ0v) is 23.4. The third kappa shape index (κ3) is 4.91. The monoisotopic (exact) mass is 558 g/mol. The summed E-state index contributed by atoms with van der Waals surface area (Å²) in [5, 5.41) is 1.86. The summed E-state index contributed by atoms with van der Waals surface area (Å²) >= 11 is 0. The Morgan fingerprint density at radius 2 is 1.82 bits per heavy atom. The fourth-order valence-corrected chi connectivity index (χ4v) is 7.41. The van der Waals surface area contributed by atoms with Gasteiger partial charge in [-0.15, -0.1) is 0 Å². The molecule has 40 heavy (non-hydrogen) atoms. The first-order chi connectivity index (χ1) is 19.5. The Bertz CT molecular complexity index is 1760. The molecular formula is C30H34N6O3S. The average molecular weight is 559 g/mol. The molecule has 1 unspecified atom stereocenters. The number of nitrogens with two attached hydrogens (primary N) is 1. The molecule has 0 bridgehead atoms. The number of sulfonamides is 1. The highest BCUT2D eigenvalue weighted by molar-refractivity contribution is 7.89. The van der Waals surface area contributed by atoms with E-state index < -0.39 is 10.0 Å². The number of hydrogen-bond acceptors (Lipinski definition) is 7. The number of aromatic nitrogens is 4. The van der Waals surface area contributed by atoms with Crippen LogP contribution in [0.15, 0.2) is 72.0 Å². The quantitative estimate of drug-likeness (QED) is 0.248. The number of rotatable bonds is 9. The summed E-state index contributed by atoms with van der Waals surface area (Å²) in [4.78, 5) is 13.7. The summed E-state index contributed by atoms with van der Waals surface area (Å²) in [6, 6.07) is 17.2. The summed E-state index contributed by atoms with van der Waals surface area (Å²) in [5.74, 6) is 0.870. The van der Waals surface area contributed by atoms with E-state index in [1.165, 1.54) is 0 Å². The molecule has 0 spiro atoms. The van der Waals surface area contributed by atoms with Crippen LogP contribution in [0, 0.1) is 5.92 Å². The second-order valence-electron chi connectivity index (χ2n) is 10.5. The van der Waals surface area contributed by atoms with Crippen molar-refractivity contribution in [2.75, 3.05) is 32.0 Å². The van der Waals surface area contributed by atoms with Gasteiger partial charge in [-0.3, -0.25) is 4.98 Å². The van der Waals surface area contributed by atoms with Crippen LogP contribution < -0.4 is 5.73 Å². The molecule has 2 N–H and O–H groups in total. The summed E-state index contributed by atoms with van der Waals surface area (Å²) < 4.78 is 36.8. The van der Waals surface area contributed by atoms with Crippen LogP contribution in [0.5, 0.6) is 0 Å². The van der Waals surface area contributed by atoms with Crippen LogP contribution in [0.3, 0.4) is 0 Å². The van der Waals surface area contributed by atoms with E-state index >= 15 is 0 Å². The largest absolute Gasteiger partial charge is 0.382 e. The van der Waals surface area contributed by atoms with Gasteiger partial charge in [0.15, 0.2) is 5.82 Å². The van der Waals surface area contributed by atoms with Gasteiger partial charge >= 0.3 is 0 Å². The number of imidazole rings is 1. The molecule has 1 saturated heterocycles. The van der Waals surface area contributed by atoms with E-state index in [0.717, 1.165) is 53.0 Å². The SMILES string of the molecule is CCC(COCCC1CCN(S(=O)(=O)c2cccc3cccnc23)CC1)n1cnc2c(N)nc3ccccc3c21. The standard InChI is InChI=1S/C30H34N6O3S/c1-2-23(36-20-33-28-29(36)24-9-3-4-10-25(24)34-30(28)31)19-39-18-14-21-12-16-35(17-13-21)40(37,38)26-11-5-7-22-8-6-15-32-27(22)26/h3-11,15,20-21,23H,2,12-14,16-19H2,1H3,(H2,31,34). The van der Waals surface area contributed by atoms with Gasteiger partial charge in [-0.1, -0.05) is 43.3 Å². The minimum Gasteiger partial charge on any atom is -0.382 e. The lowest BCUT2D eigenvalue weighted by molar-refractivity contribution is 0.0847. The third-order valence-electron chi connectivity index (χ3n) is 8.07. The highest BCUT2D eigenvalue weighted by atomic mass is 32.2. The molecule has 1 atom stereocenters. The molecule has 4 heterocycles. The molecular weight excluding hydrogens is 524 g/mol. The first kappa shape index (κ1) is 26.6. The van der Waals surface area contributed by atoms with E-state index in [2.05, 4.69) is 32.5 Å². The van der Waals surface area contributed by atoms with Crippen molar-refractivity contribution in [1.29, 1.82) is 0 Å². The predicted molar refractivity (Wildman–Crippen MR) is 157 cm³/mol. The van der Waals surface area contributed by atoms with Gasteiger partial charge in [-0.2, -0.15) is 4.31 Å². The number of ether oxygens (including phenoxy) is 1. The molecule has 2 aromatic carbocycles. The first-order valence-corrected chi connectivity index (χ1v) is 15.3.